The summed E-state index contributed by atoms with van der Waals surface area (Å²) in [6, 6.07) is 8.78. The van der Waals surface area contributed by atoms with Gasteiger partial charge in [-0.3, -0.25) is 0 Å². The number of benzene rings is 1. The van der Waals surface area contributed by atoms with E-state index in [0.29, 0.717) is 5.56 Å². The second kappa shape index (κ2) is 4.28. The number of carbonyl (C=O) groups is 1. The molecule has 0 aliphatic heterocycles. The van der Waals surface area contributed by atoms with Gasteiger partial charge < -0.3 is 10.5 Å². The van der Waals surface area contributed by atoms with E-state index in [-0.39, 0.29) is 6.10 Å². The molecule has 0 saturated carbocycles. The van der Waals surface area contributed by atoms with E-state index >= 15 is 0 Å². The number of carbonyl (C=O) groups excluding carboxylic acids is 1. The first kappa shape index (κ1) is 10.1. The summed E-state index contributed by atoms with van der Waals surface area (Å²) in [7, 11) is 0. The van der Waals surface area contributed by atoms with Gasteiger partial charge in [0.05, 0.1) is 11.6 Å². The van der Waals surface area contributed by atoms with Crippen LogP contribution < -0.4 is 5.73 Å². The number of hydrogen-bond acceptors (Lipinski definition) is 3. The van der Waals surface area contributed by atoms with Gasteiger partial charge in [-0.25, -0.2) is 4.79 Å². The normalized spacial score (nSPS) is 11.4. The van der Waals surface area contributed by atoms with Gasteiger partial charge in [0.15, 0.2) is 0 Å². The zero-order chi connectivity index (χ0) is 10.6. The highest BCUT2D eigenvalue weighted by molar-refractivity contribution is 5.65. The maximum atomic E-state index is 10.5. The molecular weight excluding hydrogens is 180 g/mol. The highest BCUT2D eigenvalue weighted by atomic mass is 16.6. The zero-order valence-electron chi connectivity index (χ0n) is 7.73. The monoisotopic (exact) mass is 190 g/mol. The molecule has 4 heteroatoms. The molecule has 0 unspecified atom stereocenters. The Bertz CT molecular complexity index is 365. The number of primary amides is 1. The molecule has 1 rings (SSSR count). The van der Waals surface area contributed by atoms with Crippen LogP contribution in [0.4, 0.5) is 4.79 Å². The third-order valence-corrected chi connectivity index (χ3v) is 1.80. The van der Waals surface area contributed by atoms with Crippen LogP contribution in [0.3, 0.4) is 0 Å². The van der Waals surface area contributed by atoms with Gasteiger partial charge in [0.25, 0.3) is 0 Å². The van der Waals surface area contributed by atoms with E-state index in [9.17, 15) is 4.79 Å². The van der Waals surface area contributed by atoms with Crippen molar-refractivity contribution in [3.05, 3.63) is 35.4 Å². The quantitative estimate of drug-likeness (QED) is 0.771. The van der Waals surface area contributed by atoms with Crippen molar-refractivity contribution in [3.8, 4) is 6.07 Å². The molecule has 1 aromatic rings. The molecule has 0 saturated heterocycles. The highest BCUT2D eigenvalue weighted by Crippen LogP contribution is 2.16. The van der Waals surface area contributed by atoms with Crippen LogP contribution in [0.5, 0.6) is 0 Å². The molecule has 0 fully saturated rings. The van der Waals surface area contributed by atoms with Crippen LogP contribution in [0, 0.1) is 11.3 Å². The summed E-state index contributed by atoms with van der Waals surface area (Å²) >= 11 is 0. The van der Waals surface area contributed by atoms with E-state index in [1.807, 2.05) is 6.07 Å². The van der Waals surface area contributed by atoms with E-state index in [2.05, 4.69) is 0 Å². The topological polar surface area (TPSA) is 76.1 Å². The van der Waals surface area contributed by atoms with Gasteiger partial charge in [-0.1, -0.05) is 12.1 Å². The Kier molecular flexibility index (Phi) is 3.08. The minimum absolute atomic E-state index is 0.389. The first-order valence-corrected chi connectivity index (χ1v) is 4.09. The Morgan fingerprint density at radius 1 is 1.50 bits per heavy atom. The van der Waals surface area contributed by atoms with Crippen LogP contribution in [0.1, 0.15) is 24.2 Å². The number of nitriles is 1. The summed E-state index contributed by atoms with van der Waals surface area (Å²) in [5.74, 6) is 0. The van der Waals surface area contributed by atoms with Gasteiger partial charge in [0.1, 0.15) is 6.10 Å². The van der Waals surface area contributed by atoms with Crippen molar-refractivity contribution in [2.45, 2.75) is 13.0 Å². The van der Waals surface area contributed by atoms with E-state index in [4.69, 9.17) is 15.7 Å². The van der Waals surface area contributed by atoms with E-state index < -0.39 is 6.09 Å². The summed E-state index contributed by atoms with van der Waals surface area (Å²) < 4.78 is 4.77. The number of amides is 1. The highest BCUT2D eigenvalue weighted by Gasteiger charge is 2.08. The molecule has 0 bridgehead atoms. The lowest BCUT2D eigenvalue weighted by atomic mass is 10.1. The number of nitrogens with two attached hydrogens (primary N) is 1. The summed E-state index contributed by atoms with van der Waals surface area (Å²) in [5.41, 5.74) is 6.25. The summed E-state index contributed by atoms with van der Waals surface area (Å²) in [6.45, 7) is 1.71. The van der Waals surface area contributed by atoms with Crippen LogP contribution >= 0.6 is 0 Å². The average molecular weight is 190 g/mol. The minimum Gasteiger partial charge on any atom is -0.442 e. The van der Waals surface area contributed by atoms with Gasteiger partial charge in [-0.2, -0.15) is 5.26 Å². The molecule has 72 valence electrons. The smallest absolute Gasteiger partial charge is 0.405 e. The maximum Gasteiger partial charge on any atom is 0.405 e. The number of hydrogen-bond donors (Lipinski definition) is 1. The molecule has 1 amide bonds. The lowest BCUT2D eigenvalue weighted by molar-refractivity contribution is 0.116. The summed E-state index contributed by atoms with van der Waals surface area (Å²) in [6.07, 6.45) is -1.19. The Hall–Kier alpha value is -2.02. The van der Waals surface area contributed by atoms with Gasteiger partial charge in [0, 0.05) is 0 Å². The Morgan fingerprint density at radius 3 is 2.50 bits per heavy atom. The predicted octanol–water partition coefficient (Wildman–Crippen LogP) is 1.71. The van der Waals surface area contributed by atoms with Crippen LogP contribution in [0.2, 0.25) is 0 Å². The molecular formula is C10H10N2O2. The number of rotatable bonds is 2. The average Bonchev–Trinajstić information content (AvgIpc) is 2.17. The van der Waals surface area contributed by atoms with Gasteiger partial charge in [0.2, 0.25) is 0 Å². The van der Waals surface area contributed by atoms with Crippen molar-refractivity contribution >= 4 is 6.09 Å². The maximum absolute atomic E-state index is 10.5. The second-order valence-electron chi connectivity index (χ2n) is 2.81. The second-order valence-corrected chi connectivity index (χ2v) is 2.81. The predicted molar refractivity (Wildman–Crippen MR) is 50.2 cm³/mol. The third kappa shape index (κ3) is 2.49. The van der Waals surface area contributed by atoms with Crippen LogP contribution in [-0.2, 0) is 4.74 Å². The van der Waals surface area contributed by atoms with Gasteiger partial charge in [-0.15, -0.1) is 0 Å². The van der Waals surface area contributed by atoms with E-state index in [0.717, 1.165) is 5.56 Å². The number of nitrogens with zero attached hydrogens (tertiary/aromatic N) is 1. The minimum atomic E-state index is -0.804. The van der Waals surface area contributed by atoms with Crippen LogP contribution in [0.25, 0.3) is 0 Å². The van der Waals surface area contributed by atoms with Crippen molar-refractivity contribution in [2.24, 2.45) is 5.73 Å². The summed E-state index contributed by atoms with van der Waals surface area (Å²) in [4.78, 5) is 10.5. The fourth-order valence-corrected chi connectivity index (χ4v) is 1.07. The van der Waals surface area contributed by atoms with Crippen LogP contribution in [-0.4, -0.2) is 6.09 Å². The molecule has 1 aromatic carbocycles. The standard InChI is InChI=1S/C10H10N2O2/c1-7(14-10(12)13)9-4-2-8(6-11)3-5-9/h2-5,7H,1H3,(H2,12,13)/t7-/m0/s1. The van der Waals surface area contributed by atoms with Crippen molar-refractivity contribution < 1.29 is 9.53 Å². The van der Waals surface area contributed by atoms with Crippen molar-refractivity contribution in [1.82, 2.24) is 0 Å². The molecule has 4 nitrogen and oxygen atoms in total. The Balaban J connectivity index is 2.77. The SMILES string of the molecule is C[C@H](OC(N)=O)c1ccc(C#N)cc1. The molecule has 2 N–H and O–H groups in total. The lowest BCUT2D eigenvalue weighted by Crippen LogP contribution is -2.15. The molecule has 14 heavy (non-hydrogen) atoms. The van der Waals surface area contributed by atoms with Crippen molar-refractivity contribution in [3.63, 3.8) is 0 Å². The van der Waals surface area contributed by atoms with E-state index in [1.165, 1.54) is 0 Å². The molecule has 0 aliphatic carbocycles. The molecule has 0 aliphatic rings. The third-order valence-electron chi connectivity index (χ3n) is 1.80. The molecule has 0 radical (unpaired) electrons. The largest absolute Gasteiger partial charge is 0.442 e. The van der Waals surface area contributed by atoms with Crippen molar-refractivity contribution in [2.75, 3.05) is 0 Å². The first-order valence-electron chi connectivity index (χ1n) is 4.09. The first-order chi connectivity index (χ1) is 6.63. The fraction of sp³-hybridized carbons (Fsp3) is 0.200. The van der Waals surface area contributed by atoms with Gasteiger partial charge >= 0.3 is 6.09 Å². The summed E-state index contributed by atoms with van der Waals surface area (Å²) in [5, 5.41) is 8.56. The van der Waals surface area contributed by atoms with E-state index in [1.54, 1.807) is 31.2 Å². The van der Waals surface area contributed by atoms with Gasteiger partial charge in [-0.05, 0) is 24.6 Å². The Morgan fingerprint density at radius 2 is 2.07 bits per heavy atom. The zero-order valence-corrected chi connectivity index (χ0v) is 7.73. The number of ether oxygens (including phenoxy) is 1. The lowest BCUT2D eigenvalue weighted by Gasteiger charge is -2.11. The fourth-order valence-electron chi connectivity index (χ4n) is 1.07. The molecule has 0 spiro atoms. The molecule has 0 aromatic heterocycles. The molecule has 1 atom stereocenters. The van der Waals surface area contributed by atoms with Crippen molar-refractivity contribution in [1.29, 1.82) is 5.26 Å². The van der Waals surface area contributed by atoms with Crippen LogP contribution in [0.15, 0.2) is 24.3 Å². The Labute approximate surface area is 81.9 Å². The molecule has 0 heterocycles.